The number of anilines is 1. The van der Waals surface area contributed by atoms with Gasteiger partial charge in [-0.2, -0.15) is 4.31 Å². The summed E-state index contributed by atoms with van der Waals surface area (Å²) in [6.45, 7) is 0. The van der Waals surface area contributed by atoms with Gasteiger partial charge in [0.1, 0.15) is 0 Å². The predicted molar refractivity (Wildman–Crippen MR) is 116 cm³/mol. The van der Waals surface area contributed by atoms with E-state index in [4.69, 9.17) is 4.42 Å². The van der Waals surface area contributed by atoms with Crippen LogP contribution in [0.25, 0.3) is 0 Å². The first kappa shape index (κ1) is 22.0. The molecule has 2 saturated carbocycles. The Balaban J connectivity index is 1.40. The first-order chi connectivity index (χ1) is 14.9. The third-order valence-corrected chi connectivity index (χ3v) is 8.42. The van der Waals surface area contributed by atoms with Gasteiger partial charge < -0.3 is 4.42 Å². The predicted octanol–water partition coefficient (Wildman–Crippen LogP) is 4.32. The number of carbonyl (C=O) groups is 1. The fraction of sp³-hybridized carbons (Fsp3) is 0.591. The Hall–Kier alpha value is -2.26. The van der Waals surface area contributed by atoms with Crippen molar-refractivity contribution in [1.82, 2.24) is 14.5 Å². The van der Waals surface area contributed by atoms with Crippen molar-refractivity contribution in [2.24, 2.45) is 0 Å². The standard InChI is InChI=1S/C22H30N4O4S/c1-26(18-10-6-3-7-11-18)31(28,29)19-14-12-16(13-15-19)20(27)23-22-25-24-21(30-22)17-8-4-2-5-9-17/h12-15,17-18H,2-11H2,1H3,(H,23,25,27). The second-order valence-electron chi connectivity index (χ2n) is 8.57. The van der Waals surface area contributed by atoms with Crippen molar-refractivity contribution in [3.8, 4) is 0 Å². The number of amides is 1. The summed E-state index contributed by atoms with van der Waals surface area (Å²) in [6.07, 6.45) is 10.7. The smallest absolute Gasteiger partial charge is 0.322 e. The minimum Gasteiger partial charge on any atom is -0.408 e. The van der Waals surface area contributed by atoms with Crippen LogP contribution in [0.3, 0.4) is 0 Å². The van der Waals surface area contributed by atoms with Gasteiger partial charge in [0.05, 0.1) is 4.90 Å². The first-order valence-corrected chi connectivity index (χ1v) is 12.6. The summed E-state index contributed by atoms with van der Waals surface area (Å²) in [5.74, 6) is 0.420. The number of hydrogen-bond donors (Lipinski definition) is 1. The first-order valence-electron chi connectivity index (χ1n) is 11.2. The van der Waals surface area contributed by atoms with Gasteiger partial charge in [0, 0.05) is 24.6 Å². The molecule has 0 bridgehead atoms. The van der Waals surface area contributed by atoms with Crippen LogP contribution in [0.5, 0.6) is 0 Å². The van der Waals surface area contributed by atoms with Crippen LogP contribution >= 0.6 is 0 Å². The van der Waals surface area contributed by atoms with E-state index in [1.54, 1.807) is 7.05 Å². The summed E-state index contributed by atoms with van der Waals surface area (Å²) in [5.41, 5.74) is 0.330. The third-order valence-electron chi connectivity index (χ3n) is 6.50. The maximum absolute atomic E-state index is 12.9. The molecule has 1 heterocycles. The molecule has 2 aliphatic carbocycles. The minimum atomic E-state index is -3.59. The zero-order valence-electron chi connectivity index (χ0n) is 17.9. The summed E-state index contributed by atoms with van der Waals surface area (Å²) < 4.78 is 33.0. The summed E-state index contributed by atoms with van der Waals surface area (Å²) in [5, 5.41) is 10.6. The lowest BCUT2D eigenvalue weighted by Gasteiger charge is -2.30. The van der Waals surface area contributed by atoms with Crippen molar-refractivity contribution in [2.75, 3.05) is 12.4 Å². The number of carbonyl (C=O) groups excluding carboxylic acids is 1. The van der Waals surface area contributed by atoms with E-state index in [1.807, 2.05) is 0 Å². The molecule has 1 aromatic carbocycles. The monoisotopic (exact) mass is 446 g/mol. The van der Waals surface area contributed by atoms with E-state index in [2.05, 4.69) is 15.5 Å². The van der Waals surface area contributed by atoms with Crippen LogP contribution in [0, 0.1) is 0 Å². The van der Waals surface area contributed by atoms with E-state index in [0.717, 1.165) is 57.8 Å². The topological polar surface area (TPSA) is 105 Å². The maximum atomic E-state index is 12.9. The van der Waals surface area contributed by atoms with Crippen LogP contribution in [0.2, 0.25) is 0 Å². The molecule has 0 spiro atoms. The largest absolute Gasteiger partial charge is 0.408 e. The molecule has 4 rings (SSSR count). The Morgan fingerprint density at radius 3 is 2.23 bits per heavy atom. The molecule has 9 heteroatoms. The summed E-state index contributed by atoms with van der Waals surface area (Å²) >= 11 is 0. The van der Waals surface area contributed by atoms with E-state index in [9.17, 15) is 13.2 Å². The van der Waals surface area contributed by atoms with Crippen molar-refractivity contribution in [3.05, 3.63) is 35.7 Å². The van der Waals surface area contributed by atoms with Gasteiger partial charge >= 0.3 is 6.01 Å². The van der Waals surface area contributed by atoms with Crippen molar-refractivity contribution in [2.45, 2.75) is 81.1 Å². The fourth-order valence-electron chi connectivity index (χ4n) is 4.55. The Kier molecular flexibility index (Phi) is 6.71. The Morgan fingerprint density at radius 1 is 0.968 bits per heavy atom. The molecule has 0 saturated heterocycles. The molecular weight excluding hydrogens is 416 g/mol. The number of nitrogens with zero attached hydrogens (tertiary/aromatic N) is 3. The van der Waals surface area contributed by atoms with Crippen LogP contribution < -0.4 is 5.32 Å². The molecule has 0 unspecified atom stereocenters. The van der Waals surface area contributed by atoms with E-state index in [1.165, 1.54) is 35.0 Å². The Morgan fingerprint density at radius 2 is 1.58 bits per heavy atom. The highest BCUT2D eigenvalue weighted by Crippen LogP contribution is 2.32. The molecule has 0 atom stereocenters. The van der Waals surface area contributed by atoms with Gasteiger partial charge in [-0.25, -0.2) is 8.42 Å². The summed E-state index contributed by atoms with van der Waals surface area (Å²) in [6, 6.07) is 6.08. The van der Waals surface area contributed by atoms with Crippen molar-refractivity contribution >= 4 is 21.9 Å². The van der Waals surface area contributed by atoms with Gasteiger partial charge in [-0.05, 0) is 49.9 Å². The molecule has 2 fully saturated rings. The third kappa shape index (κ3) is 4.98. The van der Waals surface area contributed by atoms with Gasteiger partial charge in [-0.3, -0.25) is 10.1 Å². The highest BCUT2D eigenvalue weighted by atomic mass is 32.2. The lowest BCUT2D eigenvalue weighted by atomic mass is 9.89. The van der Waals surface area contributed by atoms with E-state index < -0.39 is 15.9 Å². The lowest BCUT2D eigenvalue weighted by Crippen LogP contribution is -2.38. The van der Waals surface area contributed by atoms with Crippen LogP contribution in [0.1, 0.15) is 86.4 Å². The van der Waals surface area contributed by atoms with Gasteiger partial charge in [0.25, 0.3) is 5.91 Å². The quantitative estimate of drug-likeness (QED) is 0.708. The van der Waals surface area contributed by atoms with Crippen molar-refractivity contribution in [1.29, 1.82) is 0 Å². The normalized spacial score (nSPS) is 18.9. The fourth-order valence-corrected chi connectivity index (χ4v) is 5.97. The highest BCUT2D eigenvalue weighted by Gasteiger charge is 2.29. The molecule has 1 N–H and O–H groups in total. The molecule has 1 aromatic heterocycles. The van der Waals surface area contributed by atoms with Crippen LogP contribution in [0.15, 0.2) is 33.6 Å². The minimum absolute atomic E-state index is 0.0395. The summed E-state index contributed by atoms with van der Waals surface area (Å²) in [4.78, 5) is 12.7. The highest BCUT2D eigenvalue weighted by molar-refractivity contribution is 7.89. The molecule has 1 amide bonds. The van der Waals surface area contributed by atoms with E-state index in [-0.39, 0.29) is 22.9 Å². The number of nitrogens with one attached hydrogen (secondary N) is 1. The van der Waals surface area contributed by atoms with Gasteiger partial charge in [0.2, 0.25) is 15.9 Å². The van der Waals surface area contributed by atoms with E-state index in [0.29, 0.717) is 11.5 Å². The zero-order valence-corrected chi connectivity index (χ0v) is 18.7. The molecule has 8 nitrogen and oxygen atoms in total. The molecule has 31 heavy (non-hydrogen) atoms. The van der Waals surface area contributed by atoms with Crippen molar-refractivity contribution < 1.29 is 17.6 Å². The maximum Gasteiger partial charge on any atom is 0.322 e. The number of benzene rings is 1. The van der Waals surface area contributed by atoms with Crippen LogP contribution in [0.4, 0.5) is 6.01 Å². The van der Waals surface area contributed by atoms with Gasteiger partial charge in [-0.15, -0.1) is 5.10 Å². The average Bonchev–Trinajstić information content (AvgIpc) is 3.28. The molecule has 0 radical (unpaired) electrons. The Bertz CT molecular complexity index is 991. The zero-order chi connectivity index (χ0) is 21.8. The molecular formula is C22H30N4O4S. The number of rotatable bonds is 6. The summed E-state index contributed by atoms with van der Waals surface area (Å²) in [7, 11) is -1.94. The number of hydrogen-bond acceptors (Lipinski definition) is 6. The average molecular weight is 447 g/mol. The molecule has 2 aromatic rings. The van der Waals surface area contributed by atoms with Crippen LogP contribution in [-0.2, 0) is 10.0 Å². The second-order valence-corrected chi connectivity index (χ2v) is 10.6. The van der Waals surface area contributed by atoms with Crippen LogP contribution in [-0.4, -0.2) is 41.9 Å². The SMILES string of the molecule is CN(C1CCCCC1)S(=O)(=O)c1ccc(C(=O)Nc2nnc(C3CCCCC3)o2)cc1. The lowest BCUT2D eigenvalue weighted by molar-refractivity contribution is 0.102. The second kappa shape index (κ2) is 9.48. The molecule has 168 valence electrons. The number of aromatic nitrogens is 2. The van der Waals surface area contributed by atoms with Crippen molar-refractivity contribution in [3.63, 3.8) is 0 Å². The molecule has 0 aliphatic heterocycles. The molecule has 2 aliphatic rings. The van der Waals surface area contributed by atoms with Gasteiger partial charge in [0.15, 0.2) is 0 Å². The van der Waals surface area contributed by atoms with Gasteiger partial charge in [-0.1, -0.05) is 43.6 Å². The number of sulfonamides is 1. The Labute approximate surface area is 183 Å². The van der Waals surface area contributed by atoms with E-state index >= 15 is 0 Å².